The topological polar surface area (TPSA) is 65.3 Å². The first-order valence-electron chi connectivity index (χ1n) is 4.70. The summed E-state index contributed by atoms with van der Waals surface area (Å²) in [5.74, 6) is 0.803. The molecule has 0 unspecified atom stereocenters. The first kappa shape index (κ1) is 11.3. The lowest BCUT2D eigenvalue weighted by atomic mass is 10.3. The molecule has 0 saturated heterocycles. The number of nitrogens with zero attached hydrogens (tertiary/aromatic N) is 2. The van der Waals surface area contributed by atoms with Gasteiger partial charge in [-0.05, 0) is 18.2 Å². The van der Waals surface area contributed by atoms with Crippen LogP contribution in [0.3, 0.4) is 0 Å². The van der Waals surface area contributed by atoms with Crippen molar-refractivity contribution in [3.63, 3.8) is 0 Å². The zero-order valence-electron chi connectivity index (χ0n) is 8.54. The third-order valence-electron chi connectivity index (χ3n) is 1.96. The highest BCUT2D eigenvalue weighted by Crippen LogP contribution is 2.23. The highest BCUT2D eigenvalue weighted by molar-refractivity contribution is 6.29. The average molecular weight is 251 g/mol. The molecule has 0 radical (unpaired) electrons. The van der Waals surface area contributed by atoms with E-state index in [0.29, 0.717) is 16.8 Å². The largest absolute Gasteiger partial charge is 0.439 e. The smallest absolute Gasteiger partial charge is 0.269 e. The molecule has 0 fully saturated rings. The maximum absolute atomic E-state index is 10.5. The standard InChI is InChI=1S/C11H7ClN2O3/c12-10-2-1-3-11(13-10)17-9-6-4-8(5-7-9)14(15)16/h1-7H. The first-order chi connectivity index (χ1) is 8.15. The van der Waals surface area contributed by atoms with Crippen LogP contribution in [0, 0.1) is 10.1 Å². The van der Waals surface area contributed by atoms with Gasteiger partial charge in [-0.25, -0.2) is 4.98 Å². The summed E-state index contributed by atoms with van der Waals surface area (Å²) in [6.07, 6.45) is 0. The Morgan fingerprint density at radius 2 is 1.88 bits per heavy atom. The number of halogens is 1. The lowest BCUT2D eigenvalue weighted by Gasteiger charge is -2.03. The summed E-state index contributed by atoms with van der Waals surface area (Å²) in [6, 6.07) is 10.7. The molecule has 86 valence electrons. The third kappa shape index (κ3) is 2.92. The molecule has 0 aliphatic carbocycles. The van der Waals surface area contributed by atoms with Crippen LogP contribution in [0.15, 0.2) is 42.5 Å². The predicted octanol–water partition coefficient (Wildman–Crippen LogP) is 3.44. The summed E-state index contributed by atoms with van der Waals surface area (Å²) in [6.45, 7) is 0. The second-order valence-corrected chi connectivity index (χ2v) is 3.54. The van der Waals surface area contributed by atoms with E-state index in [9.17, 15) is 10.1 Å². The van der Waals surface area contributed by atoms with Crippen LogP contribution >= 0.6 is 11.6 Å². The maximum atomic E-state index is 10.5. The van der Waals surface area contributed by atoms with Gasteiger partial charge >= 0.3 is 0 Å². The number of hydrogen-bond acceptors (Lipinski definition) is 4. The van der Waals surface area contributed by atoms with E-state index >= 15 is 0 Å². The van der Waals surface area contributed by atoms with Crippen LogP contribution in [0.25, 0.3) is 0 Å². The summed E-state index contributed by atoms with van der Waals surface area (Å²) in [4.78, 5) is 13.9. The lowest BCUT2D eigenvalue weighted by molar-refractivity contribution is -0.384. The SMILES string of the molecule is O=[N+]([O-])c1ccc(Oc2cccc(Cl)n2)cc1. The Balaban J connectivity index is 2.16. The predicted molar refractivity (Wildman–Crippen MR) is 62.4 cm³/mol. The summed E-state index contributed by atoms with van der Waals surface area (Å²) in [5, 5.41) is 10.8. The normalized spacial score (nSPS) is 9.94. The van der Waals surface area contributed by atoms with E-state index in [-0.39, 0.29) is 5.69 Å². The Hall–Kier alpha value is -2.14. The number of pyridine rings is 1. The van der Waals surface area contributed by atoms with Gasteiger partial charge in [0.25, 0.3) is 5.69 Å². The number of rotatable bonds is 3. The van der Waals surface area contributed by atoms with Crippen LogP contribution in [0.1, 0.15) is 0 Å². The van der Waals surface area contributed by atoms with Crippen LogP contribution in [-0.2, 0) is 0 Å². The molecule has 2 aromatic rings. The molecule has 2 rings (SSSR count). The van der Waals surface area contributed by atoms with Gasteiger partial charge in [-0.1, -0.05) is 17.7 Å². The number of ether oxygens (including phenoxy) is 1. The van der Waals surface area contributed by atoms with E-state index in [1.165, 1.54) is 24.3 Å². The number of nitro groups is 1. The Labute approximate surface area is 102 Å². The van der Waals surface area contributed by atoms with Crippen molar-refractivity contribution in [3.05, 3.63) is 57.7 Å². The van der Waals surface area contributed by atoms with Crippen LogP contribution in [0.5, 0.6) is 11.6 Å². The molecule has 1 heterocycles. The lowest BCUT2D eigenvalue weighted by Crippen LogP contribution is -1.89. The molecule has 0 atom stereocenters. The molecule has 0 amide bonds. The Kier molecular flexibility index (Phi) is 3.20. The molecule has 0 saturated carbocycles. The molecule has 0 bridgehead atoms. The summed E-state index contributed by atoms with van der Waals surface area (Å²) < 4.78 is 5.38. The molecule has 6 heteroatoms. The minimum atomic E-state index is -0.471. The van der Waals surface area contributed by atoms with Crippen molar-refractivity contribution in [3.8, 4) is 11.6 Å². The highest BCUT2D eigenvalue weighted by Gasteiger charge is 2.05. The van der Waals surface area contributed by atoms with Gasteiger partial charge in [0.05, 0.1) is 4.92 Å². The quantitative estimate of drug-likeness (QED) is 0.475. The fraction of sp³-hybridized carbons (Fsp3) is 0. The van der Waals surface area contributed by atoms with Gasteiger partial charge in [-0.3, -0.25) is 10.1 Å². The fourth-order valence-electron chi connectivity index (χ4n) is 1.20. The van der Waals surface area contributed by atoms with E-state index in [2.05, 4.69) is 4.98 Å². The number of aromatic nitrogens is 1. The van der Waals surface area contributed by atoms with Gasteiger partial charge in [-0.2, -0.15) is 0 Å². The molecule has 17 heavy (non-hydrogen) atoms. The first-order valence-corrected chi connectivity index (χ1v) is 5.08. The van der Waals surface area contributed by atoms with Crippen molar-refractivity contribution in [1.29, 1.82) is 0 Å². The molecule has 1 aromatic heterocycles. The van der Waals surface area contributed by atoms with E-state index < -0.39 is 4.92 Å². The van der Waals surface area contributed by atoms with Crippen molar-refractivity contribution >= 4 is 17.3 Å². The second-order valence-electron chi connectivity index (χ2n) is 3.15. The van der Waals surface area contributed by atoms with E-state index in [0.717, 1.165) is 0 Å². The molecule has 0 aliphatic heterocycles. The Bertz CT molecular complexity index is 543. The van der Waals surface area contributed by atoms with Gasteiger partial charge in [0.1, 0.15) is 10.9 Å². The summed E-state index contributed by atoms with van der Waals surface area (Å²) in [5.41, 5.74) is 0.0106. The number of hydrogen-bond donors (Lipinski definition) is 0. The van der Waals surface area contributed by atoms with Crippen molar-refractivity contribution < 1.29 is 9.66 Å². The average Bonchev–Trinajstić information content (AvgIpc) is 2.29. The molecule has 0 aliphatic rings. The molecule has 1 aromatic carbocycles. The molecule has 0 N–H and O–H groups in total. The number of non-ortho nitro benzene ring substituents is 1. The monoisotopic (exact) mass is 250 g/mol. The van der Waals surface area contributed by atoms with Crippen molar-refractivity contribution in [2.45, 2.75) is 0 Å². The van der Waals surface area contributed by atoms with Crippen molar-refractivity contribution in [2.75, 3.05) is 0 Å². The minimum absolute atomic E-state index is 0.0106. The maximum Gasteiger partial charge on any atom is 0.269 e. The fourth-order valence-corrected chi connectivity index (χ4v) is 1.36. The Morgan fingerprint density at radius 1 is 1.18 bits per heavy atom. The van der Waals surface area contributed by atoms with Crippen LogP contribution in [0.4, 0.5) is 5.69 Å². The van der Waals surface area contributed by atoms with Gasteiger partial charge < -0.3 is 4.74 Å². The highest BCUT2D eigenvalue weighted by atomic mass is 35.5. The van der Waals surface area contributed by atoms with E-state index in [1.54, 1.807) is 18.2 Å². The van der Waals surface area contributed by atoms with Crippen LogP contribution in [-0.4, -0.2) is 9.91 Å². The Morgan fingerprint density at radius 3 is 2.47 bits per heavy atom. The summed E-state index contributed by atoms with van der Waals surface area (Å²) in [7, 11) is 0. The minimum Gasteiger partial charge on any atom is -0.439 e. The van der Waals surface area contributed by atoms with Crippen LogP contribution in [0.2, 0.25) is 5.15 Å². The van der Waals surface area contributed by atoms with E-state index in [4.69, 9.17) is 16.3 Å². The zero-order valence-corrected chi connectivity index (χ0v) is 9.29. The van der Waals surface area contributed by atoms with E-state index in [1.807, 2.05) is 0 Å². The van der Waals surface area contributed by atoms with Gasteiger partial charge in [0.15, 0.2) is 0 Å². The second kappa shape index (κ2) is 4.80. The summed E-state index contributed by atoms with van der Waals surface area (Å²) >= 11 is 5.70. The van der Waals surface area contributed by atoms with Gasteiger partial charge in [0.2, 0.25) is 5.88 Å². The van der Waals surface area contributed by atoms with Gasteiger partial charge in [0, 0.05) is 18.2 Å². The molecular formula is C11H7ClN2O3. The zero-order chi connectivity index (χ0) is 12.3. The molecular weight excluding hydrogens is 244 g/mol. The number of nitro benzene ring substituents is 1. The number of benzene rings is 1. The van der Waals surface area contributed by atoms with Crippen LogP contribution < -0.4 is 4.74 Å². The van der Waals surface area contributed by atoms with Crippen molar-refractivity contribution in [2.24, 2.45) is 0 Å². The van der Waals surface area contributed by atoms with Crippen molar-refractivity contribution in [1.82, 2.24) is 4.98 Å². The molecule has 0 spiro atoms. The van der Waals surface area contributed by atoms with Gasteiger partial charge in [-0.15, -0.1) is 0 Å². The molecule has 5 nitrogen and oxygen atoms in total. The third-order valence-corrected chi connectivity index (χ3v) is 2.17.